The van der Waals surface area contributed by atoms with Gasteiger partial charge in [0.15, 0.2) is 0 Å². The van der Waals surface area contributed by atoms with Gasteiger partial charge in [0, 0.05) is 29.5 Å². The number of hydrogen-bond donors (Lipinski definition) is 2. The van der Waals surface area contributed by atoms with Gasteiger partial charge in [-0.1, -0.05) is 0 Å². The molecule has 1 fully saturated rings. The molecule has 17 heavy (non-hydrogen) atoms. The Morgan fingerprint density at radius 3 is 3.00 bits per heavy atom. The van der Waals surface area contributed by atoms with Gasteiger partial charge in [-0.2, -0.15) is 0 Å². The predicted octanol–water partition coefficient (Wildman–Crippen LogP) is 1.93. The molecular weight excluding hydrogens is 234 g/mol. The topological polar surface area (TPSA) is 41.5 Å². The minimum atomic E-state index is -0.394. The first-order valence-corrected chi connectivity index (χ1v) is 7.07. The largest absolute Gasteiger partial charge is 0.389 e. The van der Waals surface area contributed by atoms with Gasteiger partial charge in [0.2, 0.25) is 0 Å². The van der Waals surface area contributed by atoms with Crippen molar-refractivity contribution in [2.24, 2.45) is 5.92 Å². The number of rotatable bonds is 8. The molecular formula is C13H21NO2S. The van der Waals surface area contributed by atoms with Crippen molar-refractivity contribution in [1.82, 2.24) is 5.32 Å². The normalized spacial score (nSPS) is 17.3. The monoisotopic (exact) mass is 255 g/mol. The van der Waals surface area contributed by atoms with Crippen LogP contribution in [0.2, 0.25) is 0 Å². The molecule has 0 aromatic carbocycles. The van der Waals surface area contributed by atoms with E-state index in [2.05, 4.69) is 24.4 Å². The fraction of sp³-hybridized carbons (Fsp3) is 0.692. The summed E-state index contributed by atoms with van der Waals surface area (Å²) < 4.78 is 5.44. The Morgan fingerprint density at radius 1 is 1.53 bits per heavy atom. The average Bonchev–Trinajstić information content (AvgIpc) is 3.02. The molecule has 1 heterocycles. The second-order valence-electron chi connectivity index (χ2n) is 4.78. The molecule has 2 rings (SSSR count). The van der Waals surface area contributed by atoms with Crippen molar-refractivity contribution in [3.63, 3.8) is 0 Å². The molecule has 1 unspecified atom stereocenters. The maximum absolute atomic E-state index is 9.68. The number of aliphatic hydroxyl groups is 1. The molecule has 0 bridgehead atoms. The van der Waals surface area contributed by atoms with Crippen LogP contribution >= 0.6 is 11.3 Å². The van der Waals surface area contributed by atoms with Crippen LogP contribution in [-0.4, -0.2) is 31.0 Å². The summed E-state index contributed by atoms with van der Waals surface area (Å²) in [6, 6.07) is 4.25. The van der Waals surface area contributed by atoms with Gasteiger partial charge in [-0.25, -0.2) is 0 Å². The van der Waals surface area contributed by atoms with Crippen LogP contribution in [-0.2, 0) is 11.3 Å². The lowest BCUT2D eigenvalue weighted by atomic mass is 10.3. The molecule has 0 saturated heterocycles. The number of aryl methyl sites for hydroxylation is 1. The zero-order valence-corrected chi connectivity index (χ0v) is 11.1. The summed E-state index contributed by atoms with van der Waals surface area (Å²) in [6.45, 7) is 4.81. The van der Waals surface area contributed by atoms with Crippen molar-refractivity contribution >= 4 is 11.3 Å². The highest BCUT2D eigenvalue weighted by Gasteiger charge is 2.21. The van der Waals surface area contributed by atoms with Crippen molar-refractivity contribution in [2.75, 3.05) is 19.8 Å². The van der Waals surface area contributed by atoms with Gasteiger partial charge >= 0.3 is 0 Å². The summed E-state index contributed by atoms with van der Waals surface area (Å²) in [5.74, 6) is 0.768. The van der Waals surface area contributed by atoms with E-state index in [9.17, 15) is 5.11 Å². The van der Waals surface area contributed by atoms with Crippen molar-refractivity contribution in [3.8, 4) is 0 Å². The third kappa shape index (κ3) is 5.17. The first kappa shape index (κ1) is 13.0. The van der Waals surface area contributed by atoms with E-state index >= 15 is 0 Å². The van der Waals surface area contributed by atoms with Crippen LogP contribution in [0.1, 0.15) is 22.6 Å². The van der Waals surface area contributed by atoms with E-state index in [1.165, 1.54) is 22.6 Å². The zero-order valence-electron chi connectivity index (χ0n) is 10.3. The van der Waals surface area contributed by atoms with Crippen LogP contribution in [0.3, 0.4) is 0 Å². The van der Waals surface area contributed by atoms with E-state index in [-0.39, 0.29) is 0 Å². The summed E-state index contributed by atoms with van der Waals surface area (Å²) in [4.78, 5) is 2.64. The second kappa shape index (κ2) is 6.50. The Bertz CT molecular complexity index is 336. The van der Waals surface area contributed by atoms with Crippen molar-refractivity contribution in [3.05, 3.63) is 21.9 Å². The molecule has 96 valence electrons. The molecule has 4 heteroatoms. The van der Waals surface area contributed by atoms with E-state index in [0.717, 1.165) is 19.1 Å². The standard InChI is InChI=1S/C13H21NO2S/c1-10-2-5-13(17-10)7-14-6-12(15)9-16-8-11-3-4-11/h2,5,11-12,14-15H,3-4,6-9H2,1H3. The number of hydrogen-bond acceptors (Lipinski definition) is 4. The van der Waals surface area contributed by atoms with Gasteiger partial charge in [-0.05, 0) is 37.8 Å². The fourth-order valence-corrected chi connectivity index (χ4v) is 2.52. The lowest BCUT2D eigenvalue weighted by Gasteiger charge is -2.11. The van der Waals surface area contributed by atoms with Crippen LogP contribution in [0.15, 0.2) is 12.1 Å². The lowest BCUT2D eigenvalue weighted by molar-refractivity contribution is 0.0324. The van der Waals surface area contributed by atoms with Crippen LogP contribution in [0.5, 0.6) is 0 Å². The van der Waals surface area contributed by atoms with Crippen LogP contribution in [0, 0.1) is 12.8 Å². The molecule has 1 aliphatic carbocycles. The highest BCUT2D eigenvalue weighted by atomic mass is 32.1. The first-order valence-electron chi connectivity index (χ1n) is 6.26. The number of thiophene rings is 1. The third-order valence-corrected chi connectivity index (χ3v) is 3.84. The van der Waals surface area contributed by atoms with E-state index in [4.69, 9.17) is 4.74 Å². The summed E-state index contributed by atoms with van der Waals surface area (Å²) in [7, 11) is 0. The van der Waals surface area contributed by atoms with Crippen molar-refractivity contribution in [2.45, 2.75) is 32.4 Å². The highest BCUT2D eigenvalue weighted by Crippen LogP contribution is 2.28. The zero-order chi connectivity index (χ0) is 12.1. The Hall–Kier alpha value is -0.420. The number of nitrogens with one attached hydrogen (secondary N) is 1. The Morgan fingerprint density at radius 2 is 2.35 bits per heavy atom. The van der Waals surface area contributed by atoms with Crippen LogP contribution in [0.25, 0.3) is 0 Å². The summed E-state index contributed by atoms with van der Waals surface area (Å²) in [5.41, 5.74) is 0. The minimum Gasteiger partial charge on any atom is -0.389 e. The third-order valence-electron chi connectivity index (χ3n) is 2.84. The predicted molar refractivity (Wildman–Crippen MR) is 70.3 cm³/mol. The van der Waals surface area contributed by atoms with Gasteiger partial charge < -0.3 is 15.2 Å². The quantitative estimate of drug-likeness (QED) is 0.746. The molecule has 1 aliphatic rings. The van der Waals surface area contributed by atoms with E-state index < -0.39 is 6.10 Å². The van der Waals surface area contributed by atoms with Crippen molar-refractivity contribution < 1.29 is 9.84 Å². The molecule has 2 N–H and O–H groups in total. The van der Waals surface area contributed by atoms with E-state index in [1.807, 2.05) is 0 Å². The van der Waals surface area contributed by atoms with Gasteiger partial charge in [0.1, 0.15) is 0 Å². The SMILES string of the molecule is Cc1ccc(CNCC(O)COCC2CC2)s1. The van der Waals surface area contributed by atoms with Gasteiger partial charge in [0.05, 0.1) is 12.7 Å². The minimum absolute atomic E-state index is 0.394. The van der Waals surface area contributed by atoms with E-state index in [1.54, 1.807) is 11.3 Å². The molecule has 3 nitrogen and oxygen atoms in total. The van der Waals surface area contributed by atoms with Crippen molar-refractivity contribution in [1.29, 1.82) is 0 Å². The first-order chi connectivity index (χ1) is 8.24. The summed E-state index contributed by atoms with van der Waals surface area (Å²) in [6.07, 6.45) is 2.20. The molecule has 0 radical (unpaired) electrons. The number of aliphatic hydroxyl groups excluding tert-OH is 1. The molecule has 1 aromatic rings. The fourth-order valence-electron chi connectivity index (χ4n) is 1.66. The maximum Gasteiger partial charge on any atom is 0.0897 e. The summed E-state index contributed by atoms with van der Waals surface area (Å²) >= 11 is 1.79. The Labute approximate surface area is 107 Å². The van der Waals surface area contributed by atoms with Gasteiger partial charge in [0.25, 0.3) is 0 Å². The lowest BCUT2D eigenvalue weighted by Crippen LogP contribution is -2.30. The van der Waals surface area contributed by atoms with E-state index in [0.29, 0.717) is 13.2 Å². The van der Waals surface area contributed by atoms with Crippen LogP contribution < -0.4 is 5.32 Å². The van der Waals surface area contributed by atoms with Crippen LogP contribution in [0.4, 0.5) is 0 Å². The molecule has 1 atom stereocenters. The molecule has 0 amide bonds. The maximum atomic E-state index is 9.68. The second-order valence-corrected chi connectivity index (χ2v) is 6.15. The molecule has 0 spiro atoms. The van der Waals surface area contributed by atoms with Gasteiger partial charge in [-0.3, -0.25) is 0 Å². The van der Waals surface area contributed by atoms with Gasteiger partial charge in [-0.15, -0.1) is 11.3 Å². The Kier molecular flexibility index (Phi) is 4.98. The average molecular weight is 255 g/mol. The highest BCUT2D eigenvalue weighted by molar-refractivity contribution is 7.11. The number of ether oxygens (including phenoxy) is 1. The molecule has 1 aromatic heterocycles. The molecule has 1 saturated carbocycles. The summed E-state index contributed by atoms with van der Waals surface area (Å²) in [5, 5.41) is 12.9. The smallest absolute Gasteiger partial charge is 0.0897 e. The Balaban J connectivity index is 1.51. The molecule has 0 aliphatic heterocycles.